The van der Waals surface area contributed by atoms with Crippen molar-refractivity contribution in [3.63, 3.8) is 0 Å². The minimum absolute atomic E-state index is 0.0399. The molecule has 0 aromatic carbocycles. The maximum atomic E-state index is 11.5. The van der Waals surface area contributed by atoms with Crippen LogP contribution < -0.4 is 5.32 Å². The number of hydrogen-bond acceptors (Lipinski definition) is 2. The first kappa shape index (κ1) is 10.3. The number of carbonyl (C=O) groups excluding carboxylic acids is 1. The van der Waals surface area contributed by atoms with Crippen molar-refractivity contribution in [2.75, 3.05) is 13.1 Å². The van der Waals surface area contributed by atoms with E-state index in [2.05, 4.69) is 12.2 Å². The molecule has 0 bridgehead atoms. The summed E-state index contributed by atoms with van der Waals surface area (Å²) in [5.74, 6) is -0.410. The summed E-state index contributed by atoms with van der Waals surface area (Å²) in [6.07, 6.45) is 1.15. The topological polar surface area (TPSA) is 69.6 Å². The van der Waals surface area contributed by atoms with Gasteiger partial charge >= 0.3 is 12.0 Å². The summed E-state index contributed by atoms with van der Waals surface area (Å²) in [4.78, 5) is 23.8. The number of amides is 2. The average molecular weight is 212 g/mol. The molecule has 2 amide bonds. The first-order chi connectivity index (χ1) is 7.06. The molecule has 5 nitrogen and oxygen atoms in total. The zero-order valence-electron chi connectivity index (χ0n) is 8.77. The predicted molar refractivity (Wildman–Crippen MR) is 53.4 cm³/mol. The molecule has 0 spiro atoms. The van der Waals surface area contributed by atoms with Gasteiger partial charge in [-0.05, 0) is 18.8 Å². The van der Waals surface area contributed by atoms with Crippen LogP contribution in [-0.4, -0.2) is 41.1 Å². The molecule has 0 aromatic rings. The zero-order chi connectivity index (χ0) is 11.0. The van der Waals surface area contributed by atoms with E-state index in [0.29, 0.717) is 18.8 Å². The van der Waals surface area contributed by atoms with Gasteiger partial charge in [-0.1, -0.05) is 6.92 Å². The summed E-state index contributed by atoms with van der Waals surface area (Å²) in [6.45, 7) is 3.75. The monoisotopic (exact) mass is 212 g/mol. The molecular weight excluding hydrogens is 196 g/mol. The van der Waals surface area contributed by atoms with Gasteiger partial charge in [-0.2, -0.15) is 0 Å². The van der Waals surface area contributed by atoms with E-state index in [9.17, 15) is 9.59 Å². The third-order valence-electron chi connectivity index (χ3n) is 3.17. The van der Waals surface area contributed by atoms with Crippen LogP contribution in [0.25, 0.3) is 0 Å². The highest BCUT2D eigenvalue weighted by atomic mass is 16.4. The van der Waals surface area contributed by atoms with Gasteiger partial charge in [-0.15, -0.1) is 0 Å². The van der Waals surface area contributed by atoms with Gasteiger partial charge in [0.1, 0.15) is 0 Å². The van der Waals surface area contributed by atoms with Crippen LogP contribution in [0.5, 0.6) is 0 Å². The van der Waals surface area contributed by atoms with Crippen molar-refractivity contribution in [3.8, 4) is 0 Å². The molecule has 2 aliphatic rings. The Morgan fingerprint density at radius 2 is 1.93 bits per heavy atom. The van der Waals surface area contributed by atoms with E-state index in [4.69, 9.17) is 5.11 Å². The highest BCUT2D eigenvalue weighted by Crippen LogP contribution is 2.28. The van der Waals surface area contributed by atoms with Crippen molar-refractivity contribution in [2.45, 2.75) is 25.8 Å². The largest absolute Gasteiger partial charge is 0.481 e. The molecule has 2 fully saturated rings. The number of aliphatic carboxylic acids is 1. The smallest absolute Gasteiger partial charge is 0.317 e. The van der Waals surface area contributed by atoms with Crippen molar-refractivity contribution in [1.82, 2.24) is 10.2 Å². The summed E-state index contributed by atoms with van der Waals surface area (Å²) in [5.41, 5.74) is 0. The third-order valence-corrected chi connectivity index (χ3v) is 3.17. The first-order valence-electron chi connectivity index (χ1n) is 5.34. The molecule has 1 saturated carbocycles. The number of nitrogens with zero attached hydrogens (tertiary/aromatic N) is 1. The fourth-order valence-corrected chi connectivity index (χ4v) is 2.07. The van der Waals surface area contributed by atoms with E-state index in [1.165, 1.54) is 0 Å². The van der Waals surface area contributed by atoms with Crippen LogP contribution in [0.3, 0.4) is 0 Å². The number of urea groups is 1. The Kier molecular flexibility index (Phi) is 2.54. The van der Waals surface area contributed by atoms with E-state index in [-0.39, 0.29) is 18.0 Å². The normalized spacial score (nSPS) is 30.3. The Balaban J connectivity index is 1.67. The molecule has 1 heterocycles. The quantitative estimate of drug-likeness (QED) is 0.700. The molecule has 0 atom stereocenters. The highest BCUT2D eigenvalue weighted by molar-refractivity contribution is 5.76. The van der Waals surface area contributed by atoms with Gasteiger partial charge in [0.05, 0.1) is 5.92 Å². The first-order valence-corrected chi connectivity index (χ1v) is 5.34. The van der Waals surface area contributed by atoms with Crippen LogP contribution in [0.2, 0.25) is 0 Å². The fourth-order valence-electron chi connectivity index (χ4n) is 2.07. The van der Waals surface area contributed by atoms with E-state index in [1.807, 2.05) is 0 Å². The van der Waals surface area contributed by atoms with Gasteiger partial charge in [0, 0.05) is 19.1 Å². The minimum Gasteiger partial charge on any atom is -0.481 e. The van der Waals surface area contributed by atoms with Gasteiger partial charge in [0.2, 0.25) is 0 Å². The number of carbonyl (C=O) groups is 2. The Labute approximate surface area is 88.4 Å². The molecule has 1 aliphatic heterocycles. The maximum Gasteiger partial charge on any atom is 0.317 e. The van der Waals surface area contributed by atoms with Crippen LogP contribution in [0.1, 0.15) is 19.8 Å². The molecule has 2 N–H and O–H groups in total. The second-order valence-corrected chi connectivity index (χ2v) is 4.66. The maximum absolute atomic E-state index is 11.5. The molecule has 1 saturated heterocycles. The van der Waals surface area contributed by atoms with Crippen molar-refractivity contribution in [1.29, 1.82) is 0 Å². The molecule has 0 aromatic heterocycles. The second kappa shape index (κ2) is 3.72. The summed E-state index contributed by atoms with van der Waals surface area (Å²) in [7, 11) is 0. The molecule has 84 valence electrons. The van der Waals surface area contributed by atoms with Gasteiger partial charge < -0.3 is 15.3 Å². The summed E-state index contributed by atoms with van der Waals surface area (Å²) < 4.78 is 0. The summed E-state index contributed by atoms with van der Waals surface area (Å²) >= 11 is 0. The van der Waals surface area contributed by atoms with Gasteiger partial charge in [0.15, 0.2) is 0 Å². The van der Waals surface area contributed by atoms with Crippen LogP contribution >= 0.6 is 0 Å². The summed E-state index contributed by atoms with van der Waals surface area (Å²) in [6, 6.07) is 0.0245. The fraction of sp³-hybridized carbons (Fsp3) is 0.800. The van der Waals surface area contributed by atoms with Crippen molar-refractivity contribution >= 4 is 12.0 Å². The molecule has 15 heavy (non-hydrogen) atoms. The van der Waals surface area contributed by atoms with Crippen molar-refractivity contribution in [2.24, 2.45) is 11.8 Å². The number of carboxylic acids is 1. The molecular formula is C10H16N2O3. The molecule has 1 aliphatic carbocycles. The predicted octanol–water partition coefficient (Wildman–Crippen LogP) is 0.511. The number of likely N-dealkylation sites (tertiary alicyclic amines) is 1. The van der Waals surface area contributed by atoms with Gasteiger partial charge in [0.25, 0.3) is 0 Å². The SMILES string of the molecule is CC1CN(C(=O)NC2CC(C(=O)O)C2)C1. The molecule has 2 rings (SSSR count). The Hall–Kier alpha value is -1.26. The van der Waals surface area contributed by atoms with E-state index in [1.54, 1.807) is 4.90 Å². The zero-order valence-corrected chi connectivity index (χ0v) is 8.77. The number of hydrogen-bond donors (Lipinski definition) is 2. The third kappa shape index (κ3) is 2.06. The molecule has 0 unspecified atom stereocenters. The number of rotatable bonds is 2. The number of carboxylic acid groups (broad SMARTS) is 1. The Morgan fingerprint density at radius 1 is 1.33 bits per heavy atom. The lowest BCUT2D eigenvalue weighted by atomic mass is 9.80. The Morgan fingerprint density at radius 3 is 2.40 bits per heavy atom. The van der Waals surface area contributed by atoms with E-state index >= 15 is 0 Å². The van der Waals surface area contributed by atoms with Crippen LogP contribution in [-0.2, 0) is 4.79 Å². The van der Waals surface area contributed by atoms with Crippen LogP contribution in [0.4, 0.5) is 4.79 Å². The highest BCUT2D eigenvalue weighted by Gasteiger charge is 2.37. The molecule has 5 heteroatoms. The molecule has 0 radical (unpaired) electrons. The number of nitrogens with one attached hydrogen (secondary N) is 1. The van der Waals surface area contributed by atoms with Crippen molar-refractivity contribution < 1.29 is 14.7 Å². The Bertz CT molecular complexity index is 280. The van der Waals surface area contributed by atoms with Gasteiger partial charge in [-0.3, -0.25) is 4.79 Å². The van der Waals surface area contributed by atoms with Crippen LogP contribution in [0.15, 0.2) is 0 Å². The van der Waals surface area contributed by atoms with Crippen molar-refractivity contribution in [3.05, 3.63) is 0 Å². The summed E-state index contributed by atoms with van der Waals surface area (Å²) in [5, 5.41) is 11.5. The average Bonchev–Trinajstić information content (AvgIpc) is 2.04. The lowest BCUT2D eigenvalue weighted by Gasteiger charge is -2.40. The standard InChI is InChI=1S/C10H16N2O3/c1-6-4-12(5-6)10(15)11-8-2-7(3-8)9(13)14/h6-8H,2-5H2,1H3,(H,11,15)(H,13,14). The minimum atomic E-state index is -0.752. The van der Waals surface area contributed by atoms with E-state index < -0.39 is 5.97 Å². The van der Waals surface area contributed by atoms with E-state index in [0.717, 1.165) is 13.1 Å². The lowest BCUT2D eigenvalue weighted by Crippen LogP contribution is -2.57. The van der Waals surface area contributed by atoms with Crippen LogP contribution in [0, 0.1) is 11.8 Å². The van der Waals surface area contributed by atoms with Gasteiger partial charge in [-0.25, -0.2) is 4.79 Å². The lowest BCUT2D eigenvalue weighted by molar-refractivity contribution is -0.145. The second-order valence-electron chi connectivity index (χ2n) is 4.66.